The van der Waals surface area contributed by atoms with Crippen molar-refractivity contribution in [2.45, 2.75) is 6.54 Å². The topological polar surface area (TPSA) is 12.0 Å². The van der Waals surface area contributed by atoms with Gasteiger partial charge in [0, 0.05) is 15.9 Å². The second kappa shape index (κ2) is 5.33. The molecule has 0 atom stereocenters. The van der Waals surface area contributed by atoms with Gasteiger partial charge in [-0.25, -0.2) is 8.78 Å². The molecule has 90 valence electrons. The molecule has 0 spiro atoms. The summed E-state index contributed by atoms with van der Waals surface area (Å²) in [5, 5.41) is 2.72. The van der Waals surface area contributed by atoms with Gasteiger partial charge in [0.1, 0.15) is 21.7 Å². The van der Waals surface area contributed by atoms with E-state index in [-0.39, 0.29) is 5.69 Å². The van der Waals surface area contributed by atoms with Crippen LogP contribution in [-0.2, 0) is 6.54 Å². The summed E-state index contributed by atoms with van der Waals surface area (Å²) in [5.74, 6) is -1.21. The zero-order chi connectivity index (χ0) is 12.4. The van der Waals surface area contributed by atoms with E-state index in [0.29, 0.717) is 10.9 Å². The first-order valence-electron chi connectivity index (χ1n) is 4.69. The first kappa shape index (κ1) is 12.8. The summed E-state index contributed by atoms with van der Waals surface area (Å²) < 4.78 is 28.0. The van der Waals surface area contributed by atoms with Gasteiger partial charge in [0.15, 0.2) is 0 Å². The predicted octanol–water partition coefficient (Wildman–Crippen LogP) is 5.05. The fraction of sp³-hybridized carbons (Fsp3) is 0.0909. The second-order valence-electron chi connectivity index (χ2n) is 3.28. The van der Waals surface area contributed by atoms with Gasteiger partial charge in [0.25, 0.3) is 0 Å². The van der Waals surface area contributed by atoms with E-state index in [1.165, 1.54) is 29.5 Å². The van der Waals surface area contributed by atoms with Gasteiger partial charge in [-0.15, -0.1) is 11.3 Å². The molecule has 6 heteroatoms. The summed E-state index contributed by atoms with van der Waals surface area (Å²) in [4.78, 5) is 0.893. The average molecular weight is 339 g/mol. The monoisotopic (exact) mass is 337 g/mol. The van der Waals surface area contributed by atoms with Gasteiger partial charge in [-0.2, -0.15) is 0 Å². The Labute approximate surface area is 115 Å². The Morgan fingerprint density at radius 1 is 1.29 bits per heavy atom. The minimum Gasteiger partial charge on any atom is -0.375 e. The normalized spacial score (nSPS) is 10.6. The molecule has 2 aromatic rings. The molecule has 1 nitrogen and oxygen atoms in total. The van der Waals surface area contributed by atoms with Crippen molar-refractivity contribution in [2.75, 3.05) is 5.32 Å². The van der Waals surface area contributed by atoms with E-state index in [1.54, 1.807) is 0 Å². The number of para-hydroxylation sites is 1. The van der Waals surface area contributed by atoms with Gasteiger partial charge in [-0.3, -0.25) is 0 Å². The second-order valence-corrected chi connectivity index (χ2v) is 5.88. The van der Waals surface area contributed by atoms with Gasteiger partial charge in [-0.1, -0.05) is 17.7 Å². The first-order chi connectivity index (χ1) is 8.08. The van der Waals surface area contributed by atoms with Crippen LogP contribution in [-0.4, -0.2) is 0 Å². The molecule has 2 rings (SSSR count). The van der Waals surface area contributed by atoms with Crippen molar-refractivity contribution in [3.05, 3.63) is 49.6 Å². The third kappa shape index (κ3) is 2.97. The van der Waals surface area contributed by atoms with Crippen molar-refractivity contribution in [1.82, 2.24) is 0 Å². The maximum atomic E-state index is 13.3. The van der Waals surface area contributed by atoms with Crippen molar-refractivity contribution < 1.29 is 8.78 Å². The molecule has 0 amide bonds. The fourth-order valence-electron chi connectivity index (χ4n) is 1.32. The number of hydrogen-bond acceptors (Lipinski definition) is 2. The summed E-state index contributed by atoms with van der Waals surface area (Å²) in [5.41, 5.74) is -0.117. The van der Waals surface area contributed by atoms with Crippen molar-refractivity contribution in [2.24, 2.45) is 0 Å². The highest BCUT2D eigenvalue weighted by Gasteiger charge is 2.09. The molecule has 0 fully saturated rings. The molecular formula is C11H7BrClF2NS. The molecule has 0 aliphatic heterocycles. The standard InChI is InChI=1S/C11H7BrClF2NS/c12-7-4-6(17-11(7)13)5-16-10-8(14)2-1-3-9(10)15/h1-4,16H,5H2. The fourth-order valence-corrected chi connectivity index (χ4v) is 3.05. The molecule has 0 bridgehead atoms. The molecule has 0 radical (unpaired) electrons. The van der Waals surface area contributed by atoms with Gasteiger partial charge in [0.05, 0.1) is 0 Å². The van der Waals surface area contributed by atoms with Crippen LogP contribution in [0.25, 0.3) is 0 Å². The minimum absolute atomic E-state index is 0.117. The van der Waals surface area contributed by atoms with E-state index in [1.807, 2.05) is 6.07 Å². The number of hydrogen-bond donors (Lipinski definition) is 1. The van der Waals surface area contributed by atoms with Crippen molar-refractivity contribution in [1.29, 1.82) is 0 Å². The predicted molar refractivity (Wildman–Crippen MR) is 70.7 cm³/mol. The Morgan fingerprint density at radius 2 is 1.94 bits per heavy atom. The lowest BCUT2D eigenvalue weighted by Gasteiger charge is -2.06. The third-order valence-corrected chi connectivity index (χ3v) is 4.57. The number of anilines is 1. The first-order valence-corrected chi connectivity index (χ1v) is 6.68. The molecule has 0 aliphatic carbocycles. The Bertz CT molecular complexity index is 505. The molecule has 1 N–H and O–H groups in total. The lowest BCUT2D eigenvalue weighted by Crippen LogP contribution is -2.02. The van der Waals surface area contributed by atoms with Crippen LogP contribution < -0.4 is 5.32 Å². The van der Waals surface area contributed by atoms with Gasteiger partial charge >= 0.3 is 0 Å². The SMILES string of the molecule is Fc1cccc(F)c1NCc1cc(Br)c(Cl)s1. The molecular weight excluding hydrogens is 332 g/mol. The van der Waals surface area contributed by atoms with E-state index >= 15 is 0 Å². The number of thiophene rings is 1. The molecule has 0 saturated heterocycles. The highest BCUT2D eigenvalue weighted by Crippen LogP contribution is 2.32. The third-order valence-electron chi connectivity index (χ3n) is 2.10. The van der Waals surface area contributed by atoms with E-state index < -0.39 is 11.6 Å². The molecule has 1 heterocycles. The molecule has 17 heavy (non-hydrogen) atoms. The number of nitrogens with one attached hydrogen (secondary N) is 1. The quantitative estimate of drug-likeness (QED) is 0.825. The summed E-state index contributed by atoms with van der Waals surface area (Å²) in [6.45, 7) is 0.327. The summed E-state index contributed by atoms with van der Waals surface area (Å²) in [7, 11) is 0. The Balaban J connectivity index is 2.12. The minimum atomic E-state index is -0.605. The smallest absolute Gasteiger partial charge is 0.149 e. The van der Waals surface area contributed by atoms with Crippen molar-refractivity contribution in [3.63, 3.8) is 0 Å². The Morgan fingerprint density at radius 3 is 2.47 bits per heavy atom. The summed E-state index contributed by atoms with van der Waals surface area (Å²) in [6.07, 6.45) is 0. The number of rotatable bonds is 3. The average Bonchev–Trinajstić information content (AvgIpc) is 2.58. The van der Waals surface area contributed by atoms with Crippen LogP contribution in [0, 0.1) is 11.6 Å². The lowest BCUT2D eigenvalue weighted by atomic mass is 10.3. The van der Waals surface area contributed by atoms with Crippen LogP contribution in [0.15, 0.2) is 28.7 Å². The van der Waals surface area contributed by atoms with Crippen LogP contribution in [0.5, 0.6) is 0 Å². The Hall–Kier alpha value is -0.650. The van der Waals surface area contributed by atoms with Gasteiger partial charge in [0.2, 0.25) is 0 Å². The molecule has 0 aliphatic rings. The molecule has 1 aromatic carbocycles. The van der Waals surface area contributed by atoms with Crippen LogP contribution >= 0.6 is 38.9 Å². The van der Waals surface area contributed by atoms with Crippen LogP contribution in [0.2, 0.25) is 4.34 Å². The zero-order valence-corrected chi connectivity index (χ0v) is 11.6. The van der Waals surface area contributed by atoms with E-state index in [4.69, 9.17) is 11.6 Å². The van der Waals surface area contributed by atoms with Crippen LogP contribution in [0.3, 0.4) is 0 Å². The maximum absolute atomic E-state index is 13.3. The molecule has 1 aromatic heterocycles. The van der Waals surface area contributed by atoms with E-state index in [2.05, 4.69) is 21.2 Å². The summed E-state index contributed by atoms with van der Waals surface area (Å²) in [6, 6.07) is 5.57. The Kier molecular flexibility index (Phi) is 4.01. The molecule has 0 unspecified atom stereocenters. The zero-order valence-electron chi connectivity index (χ0n) is 8.44. The van der Waals surface area contributed by atoms with Crippen molar-refractivity contribution >= 4 is 44.6 Å². The summed E-state index contributed by atoms with van der Waals surface area (Å²) >= 11 is 10.5. The largest absolute Gasteiger partial charge is 0.375 e. The van der Waals surface area contributed by atoms with E-state index in [9.17, 15) is 8.78 Å². The van der Waals surface area contributed by atoms with Gasteiger partial charge < -0.3 is 5.32 Å². The van der Waals surface area contributed by atoms with Crippen LogP contribution in [0.4, 0.5) is 14.5 Å². The van der Waals surface area contributed by atoms with Crippen molar-refractivity contribution in [3.8, 4) is 0 Å². The maximum Gasteiger partial charge on any atom is 0.149 e. The van der Waals surface area contributed by atoms with E-state index in [0.717, 1.165) is 9.35 Å². The van der Waals surface area contributed by atoms with Gasteiger partial charge in [-0.05, 0) is 34.1 Å². The molecule has 0 saturated carbocycles. The highest BCUT2D eigenvalue weighted by atomic mass is 79.9. The highest BCUT2D eigenvalue weighted by molar-refractivity contribution is 9.10. The number of halogens is 4. The lowest BCUT2D eigenvalue weighted by molar-refractivity contribution is 0.588. The van der Waals surface area contributed by atoms with Crippen LogP contribution in [0.1, 0.15) is 4.88 Å². The number of benzene rings is 1.